The quantitative estimate of drug-likeness (QED) is 0.149. The summed E-state index contributed by atoms with van der Waals surface area (Å²) in [5, 5.41) is 3.18. The van der Waals surface area contributed by atoms with Crippen molar-refractivity contribution in [1.29, 1.82) is 0 Å². The normalized spacial score (nSPS) is 16.6. The number of aromatic nitrogens is 1. The van der Waals surface area contributed by atoms with Gasteiger partial charge in [0.1, 0.15) is 22.9 Å². The highest BCUT2D eigenvalue weighted by atomic mass is 32.1. The van der Waals surface area contributed by atoms with Gasteiger partial charge in [0.2, 0.25) is 0 Å². The second-order valence-electron chi connectivity index (χ2n) is 11.1. The van der Waals surface area contributed by atoms with Gasteiger partial charge in [0.05, 0.1) is 12.8 Å². The van der Waals surface area contributed by atoms with Crippen LogP contribution in [0.5, 0.6) is 5.75 Å². The summed E-state index contributed by atoms with van der Waals surface area (Å²) in [4.78, 5) is 21.6. The third kappa shape index (κ3) is 7.05. The lowest BCUT2D eigenvalue weighted by molar-refractivity contribution is -0.140. The molecule has 0 spiro atoms. The second-order valence-corrected chi connectivity index (χ2v) is 12.0. The number of carbonyl (C=O) groups is 1. The van der Waals surface area contributed by atoms with E-state index in [1.807, 2.05) is 36.5 Å². The molecule has 0 aliphatic carbocycles. The summed E-state index contributed by atoms with van der Waals surface area (Å²) in [6.07, 6.45) is 9.37. The van der Waals surface area contributed by atoms with Crippen LogP contribution in [0.15, 0.2) is 101 Å². The number of thiazole rings is 1. The molecule has 0 fully saturated rings. The maximum Gasteiger partial charge on any atom is 0.305 e. The van der Waals surface area contributed by atoms with E-state index >= 15 is 0 Å². The molecule has 3 aromatic carbocycles. The van der Waals surface area contributed by atoms with Crippen LogP contribution in [0.3, 0.4) is 0 Å². The van der Waals surface area contributed by atoms with Crippen LogP contribution in [0, 0.1) is 5.92 Å². The minimum Gasteiger partial charge on any atom is -0.489 e. The van der Waals surface area contributed by atoms with Crippen LogP contribution in [-0.4, -0.2) is 24.3 Å². The van der Waals surface area contributed by atoms with E-state index in [1.54, 1.807) is 11.3 Å². The largest absolute Gasteiger partial charge is 0.489 e. The molecule has 2 heterocycles. The molecule has 4 aromatic rings. The van der Waals surface area contributed by atoms with Gasteiger partial charge < -0.3 is 9.47 Å². The summed E-state index contributed by atoms with van der Waals surface area (Å²) >= 11 is 1.69. The summed E-state index contributed by atoms with van der Waals surface area (Å²) in [5.74, 6) is 1.36. The lowest BCUT2D eigenvalue weighted by Gasteiger charge is -2.33. The van der Waals surface area contributed by atoms with E-state index in [1.165, 1.54) is 12.7 Å². The summed E-state index contributed by atoms with van der Waals surface area (Å²) in [6.45, 7) is 5.04. The van der Waals surface area contributed by atoms with E-state index in [9.17, 15) is 4.79 Å². The molecule has 1 aromatic heterocycles. The molecule has 5 nitrogen and oxygen atoms in total. The number of aliphatic imine (C=N–C) groups is 1. The van der Waals surface area contributed by atoms with Crippen molar-refractivity contribution in [2.24, 2.45) is 10.9 Å². The van der Waals surface area contributed by atoms with Gasteiger partial charge in [-0.25, -0.2) is 4.98 Å². The molecule has 42 heavy (non-hydrogen) atoms. The number of allylic oxidation sites excluding steroid dienone is 1. The number of benzene rings is 3. The Morgan fingerprint density at radius 3 is 2.33 bits per heavy atom. The van der Waals surface area contributed by atoms with E-state index in [2.05, 4.69) is 79.9 Å². The van der Waals surface area contributed by atoms with Crippen molar-refractivity contribution in [1.82, 2.24) is 4.98 Å². The van der Waals surface area contributed by atoms with Crippen LogP contribution >= 0.6 is 11.3 Å². The lowest BCUT2D eigenvalue weighted by atomic mass is 9.76. The van der Waals surface area contributed by atoms with Crippen molar-refractivity contribution < 1.29 is 14.3 Å². The molecule has 5 rings (SSSR count). The SMILES string of the molecule is COC(=O)CCc1ccc(OCc2ccc(C(CCC(C)C)C3(c4nc(-c5ccccc5)cs4)C=CC=N3)cc2)cc1. The van der Waals surface area contributed by atoms with Gasteiger partial charge in [0, 0.05) is 29.5 Å². The Bertz CT molecular complexity index is 1490. The Labute approximate surface area is 253 Å². The first kappa shape index (κ1) is 29.5. The number of carbonyl (C=O) groups excluding carboxylic acids is 1. The van der Waals surface area contributed by atoms with Gasteiger partial charge in [-0.1, -0.05) is 87.0 Å². The fourth-order valence-electron chi connectivity index (χ4n) is 5.33. The molecule has 0 bridgehead atoms. The Morgan fingerprint density at radius 1 is 0.929 bits per heavy atom. The third-order valence-corrected chi connectivity index (χ3v) is 8.74. The first-order chi connectivity index (χ1) is 20.5. The topological polar surface area (TPSA) is 60.8 Å². The van der Waals surface area contributed by atoms with Gasteiger partial charge in [-0.3, -0.25) is 9.79 Å². The standard InChI is InChI=1S/C36H38N2O3S/c1-26(2)10-20-32(36(22-7-23-37-36)35-38-33(25-42-35)30-8-5-4-6-9-30)29-16-11-28(12-17-29)24-41-31-18-13-27(14-19-31)15-21-34(39)40-3/h4-9,11-14,16-19,22-23,25-26,32H,10,15,20-21,24H2,1-3H3. The number of aryl methyl sites for hydroxylation is 1. The van der Waals surface area contributed by atoms with Crippen LogP contribution in [0.25, 0.3) is 11.3 Å². The Morgan fingerprint density at radius 2 is 1.67 bits per heavy atom. The van der Waals surface area contributed by atoms with E-state index in [4.69, 9.17) is 19.5 Å². The lowest BCUT2D eigenvalue weighted by Crippen LogP contribution is -2.29. The van der Waals surface area contributed by atoms with E-state index in [0.29, 0.717) is 25.4 Å². The fourth-order valence-corrected chi connectivity index (χ4v) is 6.35. The van der Waals surface area contributed by atoms with E-state index in [-0.39, 0.29) is 11.9 Å². The summed E-state index contributed by atoms with van der Waals surface area (Å²) in [7, 11) is 1.41. The van der Waals surface area contributed by atoms with Crippen LogP contribution in [-0.2, 0) is 28.1 Å². The first-order valence-electron chi connectivity index (χ1n) is 14.6. The molecule has 0 amide bonds. The number of hydrogen-bond acceptors (Lipinski definition) is 6. The Kier molecular flexibility index (Phi) is 9.65. The molecule has 0 saturated heterocycles. The van der Waals surface area contributed by atoms with Gasteiger partial charge in [-0.15, -0.1) is 11.3 Å². The van der Waals surface area contributed by atoms with E-state index < -0.39 is 5.54 Å². The average Bonchev–Trinajstić information content (AvgIpc) is 3.72. The molecule has 6 heteroatoms. The predicted octanol–water partition coefficient (Wildman–Crippen LogP) is 8.55. The molecule has 0 N–H and O–H groups in total. The highest BCUT2D eigenvalue weighted by molar-refractivity contribution is 7.10. The van der Waals surface area contributed by atoms with Gasteiger partial charge in [0.25, 0.3) is 0 Å². The number of hydrogen-bond donors (Lipinski definition) is 0. The maximum atomic E-state index is 11.4. The van der Waals surface area contributed by atoms with Crippen LogP contribution in [0.2, 0.25) is 0 Å². The molecule has 1 aliphatic heterocycles. The van der Waals surface area contributed by atoms with Crippen molar-refractivity contribution in [3.63, 3.8) is 0 Å². The third-order valence-electron chi connectivity index (χ3n) is 7.76. The molecular formula is C36H38N2O3S. The van der Waals surface area contributed by atoms with Crippen molar-refractivity contribution >= 4 is 23.5 Å². The van der Waals surface area contributed by atoms with Gasteiger partial charge in [-0.2, -0.15) is 0 Å². The highest BCUT2D eigenvalue weighted by Gasteiger charge is 2.42. The zero-order valence-electron chi connectivity index (χ0n) is 24.5. The molecule has 1 aliphatic rings. The minimum absolute atomic E-state index is 0.164. The van der Waals surface area contributed by atoms with Gasteiger partial charge in [0.15, 0.2) is 0 Å². The second kappa shape index (κ2) is 13.8. The highest BCUT2D eigenvalue weighted by Crippen LogP contribution is 2.48. The maximum absolute atomic E-state index is 11.4. The number of esters is 1. The summed E-state index contributed by atoms with van der Waals surface area (Å²) in [6, 6.07) is 27.0. The fraction of sp³-hybridized carbons (Fsp3) is 0.306. The molecular weight excluding hydrogens is 540 g/mol. The molecule has 2 atom stereocenters. The van der Waals surface area contributed by atoms with Gasteiger partial charge >= 0.3 is 5.97 Å². The monoisotopic (exact) mass is 578 g/mol. The number of methoxy groups -OCH3 is 1. The minimum atomic E-state index is -0.514. The van der Waals surface area contributed by atoms with Gasteiger partial charge in [-0.05, 0) is 59.7 Å². The Hall–Kier alpha value is -4.03. The van der Waals surface area contributed by atoms with Crippen LogP contribution in [0.4, 0.5) is 0 Å². The van der Waals surface area contributed by atoms with Crippen LogP contribution in [0.1, 0.15) is 60.7 Å². The molecule has 216 valence electrons. The van der Waals surface area contributed by atoms with Crippen molar-refractivity contribution in [3.8, 4) is 17.0 Å². The van der Waals surface area contributed by atoms with Crippen molar-refractivity contribution in [2.75, 3.05) is 7.11 Å². The summed E-state index contributed by atoms with van der Waals surface area (Å²) < 4.78 is 10.8. The first-order valence-corrected chi connectivity index (χ1v) is 15.5. The summed E-state index contributed by atoms with van der Waals surface area (Å²) in [5.41, 5.74) is 5.06. The molecule has 0 saturated carbocycles. The Balaban J connectivity index is 1.32. The average molecular weight is 579 g/mol. The van der Waals surface area contributed by atoms with Crippen molar-refractivity contribution in [3.05, 3.63) is 118 Å². The smallest absolute Gasteiger partial charge is 0.305 e. The zero-order chi connectivity index (χ0) is 29.4. The molecule has 2 unspecified atom stereocenters. The number of ether oxygens (including phenoxy) is 2. The number of nitrogens with zero attached hydrogens (tertiary/aromatic N) is 2. The zero-order valence-corrected chi connectivity index (χ0v) is 25.3. The number of rotatable bonds is 13. The molecule has 0 radical (unpaired) electrons. The van der Waals surface area contributed by atoms with Crippen molar-refractivity contribution in [2.45, 2.75) is 57.6 Å². The van der Waals surface area contributed by atoms with E-state index in [0.717, 1.165) is 46.0 Å². The predicted molar refractivity (Wildman–Crippen MR) is 171 cm³/mol. The van der Waals surface area contributed by atoms with Crippen LogP contribution < -0.4 is 4.74 Å².